The van der Waals surface area contributed by atoms with Crippen LogP contribution in [0.2, 0.25) is 0 Å². The lowest BCUT2D eigenvalue weighted by atomic mass is 10.2. The van der Waals surface area contributed by atoms with Gasteiger partial charge < -0.3 is 23.7 Å². The van der Waals surface area contributed by atoms with Crippen molar-refractivity contribution < 1.29 is 33.3 Å². The standard InChI is InChI=1S/C15H20N2O7/c1-6-22-13(18)9(3)12(14(19)23-7-2)24-15-16-10(20-4)8-11(17-15)21-5/h8H,6-7H2,1-5H3/b12-9+. The Bertz CT molecular complexity index is 606. The van der Waals surface area contributed by atoms with Gasteiger partial charge in [-0.25, -0.2) is 9.59 Å². The van der Waals surface area contributed by atoms with Crippen LogP contribution >= 0.6 is 0 Å². The second-order valence-electron chi connectivity index (χ2n) is 4.23. The molecule has 132 valence electrons. The molecule has 0 N–H and O–H groups in total. The van der Waals surface area contributed by atoms with Crippen LogP contribution in [0.3, 0.4) is 0 Å². The molecular formula is C15H20N2O7. The predicted octanol–water partition coefficient (Wildman–Crippen LogP) is 1.27. The highest BCUT2D eigenvalue weighted by atomic mass is 16.6. The fraction of sp³-hybridized carbons (Fsp3) is 0.467. The number of nitrogens with zero attached hydrogens (tertiary/aromatic N) is 2. The summed E-state index contributed by atoms with van der Waals surface area (Å²) in [6.07, 6.45) is 0. The largest absolute Gasteiger partial charge is 0.481 e. The van der Waals surface area contributed by atoms with Gasteiger partial charge in [-0.05, 0) is 20.8 Å². The molecule has 9 nitrogen and oxygen atoms in total. The summed E-state index contributed by atoms with van der Waals surface area (Å²) in [7, 11) is 2.80. The van der Waals surface area contributed by atoms with Crippen molar-refractivity contribution in [2.24, 2.45) is 0 Å². The molecule has 9 heteroatoms. The summed E-state index contributed by atoms with van der Waals surface area (Å²) in [4.78, 5) is 31.8. The Balaban J connectivity index is 3.24. The molecule has 0 aliphatic heterocycles. The summed E-state index contributed by atoms with van der Waals surface area (Å²) < 4.78 is 25.1. The van der Waals surface area contributed by atoms with Gasteiger partial charge in [-0.1, -0.05) is 0 Å². The van der Waals surface area contributed by atoms with Gasteiger partial charge in [0.1, 0.15) is 0 Å². The molecule has 0 bridgehead atoms. The quantitative estimate of drug-likeness (QED) is 0.393. The number of aromatic nitrogens is 2. The molecule has 0 saturated heterocycles. The Morgan fingerprint density at radius 2 is 1.46 bits per heavy atom. The van der Waals surface area contributed by atoms with Gasteiger partial charge in [-0.15, -0.1) is 0 Å². The summed E-state index contributed by atoms with van der Waals surface area (Å²) in [6.45, 7) is 4.90. The molecule has 0 aliphatic carbocycles. The van der Waals surface area contributed by atoms with Crippen molar-refractivity contribution in [3.8, 4) is 17.8 Å². The zero-order valence-electron chi connectivity index (χ0n) is 14.2. The topological polar surface area (TPSA) is 106 Å². The summed E-state index contributed by atoms with van der Waals surface area (Å²) in [5.74, 6) is -1.60. The molecule has 1 aromatic heterocycles. The maximum atomic E-state index is 12.1. The molecule has 1 aromatic rings. The number of esters is 2. The SMILES string of the molecule is CCOC(=O)/C(C)=C(/Oc1nc(OC)cc(OC)n1)C(=O)OCC. The van der Waals surface area contributed by atoms with Gasteiger partial charge in [0, 0.05) is 0 Å². The molecule has 0 atom stereocenters. The first kappa shape index (κ1) is 19.2. The summed E-state index contributed by atoms with van der Waals surface area (Å²) in [5, 5.41) is 0. The predicted molar refractivity (Wildman–Crippen MR) is 81.7 cm³/mol. The summed E-state index contributed by atoms with van der Waals surface area (Å²) >= 11 is 0. The molecule has 1 heterocycles. The molecule has 0 unspecified atom stereocenters. The summed E-state index contributed by atoms with van der Waals surface area (Å²) in [5.41, 5.74) is -0.0688. The Labute approximate surface area is 139 Å². The number of hydrogen-bond acceptors (Lipinski definition) is 9. The lowest BCUT2D eigenvalue weighted by molar-refractivity contribution is -0.143. The van der Waals surface area contributed by atoms with E-state index in [-0.39, 0.29) is 42.3 Å². The summed E-state index contributed by atoms with van der Waals surface area (Å²) in [6, 6.07) is 1.19. The second-order valence-corrected chi connectivity index (χ2v) is 4.23. The second kappa shape index (κ2) is 9.33. The molecule has 0 amide bonds. The fourth-order valence-corrected chi connectivity index (χ4v) is 1.53. The molecular weight excluding hydrogens is 320 g/mol. The fourth-order valence-electron chi connectivity index (χ4n) is 1.53. The highest BCUT2D eigenvalue weighted by Gasteiger charge is 2.24. The Kier molecular flexibility index (Phi) is 7.47. The van der Waals surface area contributed by atoms with Gasteiger partial charge in [-0.2, -0.15) is 9.97 Å². The Morgan fingerprint density at radius 1 is 0.958 bits per heavy atom. The number of carbonyl (C=O) groups excluding carboxylic acids is 2. The van der Waals surface area contributed by atoms with Crippen molar-refractivity contribution in [2.75, 3.05) is 27.4 Å². The van der Waals surface area contributed by atoms with Crippen molar-refractivity contribution in [1.29, 1.82) is 0 Å². The number of rotatable bonds is 8. The number of hydrogen-bond donors (Lipinski definition) is 0. The highest BCUT2D eigenvalue weighted by molar-refractivity contribution is 5.98. The minimum Gasteiger partial charge on any atom is -0.481 e. The third kappa shape index (κ3) is 5.11. The van der Waals surface area contributed by atoms with Crippen molar-refractivity contribution in [2.45, 2.75) is 20.8 Å². The zero-order valence-corrected chi connectivity index (χ0v) is 14.2. The van der Waals surface area contributed by atoms with E-state index in [9.17, 15) is 9.59 Å². The van der Waals surface area contributed by atoms with Crippen molar-refractivity contribution in [3.05, 3.63) is 17.4 Å². The first-order chi connectivity index (χ1) is 11.5. The molecule has 0 fully saturated rings. The smallest absolute Gasteiger partial charge is 0.374 e. The minimum absolute atomic E-state index is 0.0688. The van der Waals surface area contributed by atoms with Crippen LogP contribution in [0.1, 0.15) is 20.8 Å². The first-order valence-corrected chi connectivity index (χ1v) is 7.16. The van der Waals surface area contributed by atoms with Crippen molar-refractivity contribution in [3.63, 3.8) is 0 Å². The molecule has 1 rings (SSSR count). The van der Waals surface area contributed by atoms with E-state index < -0.39 is 11.9 Å². The number of carbonyl (C=O) groups is 2. The first-order valence-electron chi connectivity index (χ1n) is 7.16. The van der Waals surface area contributed by atoms with Crippen molar-refractivity contribution >= 4 is 11.9 Å². The van der Waals surface area contributed by atoms with E-state index in [0.717, 1.165) is 0 Å². The van der Waals surface area contributed by atoms with E-state index >= 15 is 0 Å². The Morgan fingerprint density at radius 3 is 1.92 bits per heavy atom. The van der Waals surface area contributed by atoms with Crippen LogP contribution in [0.5, 0.6) is 17.8 Å². The van der Waals surface area contributed by atoms with Crippen LogP contribution in [0.25, 0.3) is 0 Å². The average molecular weight is 340 g/mol. The van der Waals surface area contributed by atoms with Gasteiger partial charge >= 0.3 is 17.9 Å². The van der Waals surface area contributed by atoms with Crippen LogP contribution in [0.4, 0.5) is 0 Å². The van der Waals surface area contributed by atoms with Gasteiger partial charge in [0.2, 0.25) is 17.5 Å². The third-order valence-electron chi connectivity index (χ3n) is 2.65. The molecule has 0 spiro atoms. The zero-order chi connectivity index (χ0) is 18.1. The Hall–Kier alpha value is -2.84. The van der Waals surface area contributed by atoms with Crippen molar-refractivity contribution in [1.82, 2.24) is 9.97 Å². The average Bonchev–Trinajstić information content (AvgIpc) is 2.58. The molecule has 0 aromatic carbocycles. The van der Waals surface area contributed by atoms with E-state index in [4.69, 9.17) is 23.7 Å². The van der Waals surface area contributed by atoms with E-state index in [0.29, 0.717) is 0 Å². The highest BCUT2D eigenvalue weighted by Crippen LogP contribution is 2.21. The normalized spacial score (nSPS) is 11.2. The van der Waals surface area contributed by atoms with Crippen LogP contribution in [0, 0.1) is 0 Å². The monoisotopic (exact) mass is 340 g/mol. The number of ether oxygens (including phenoxy) is 5. The maximum absolute atomic E-state index is 12.1. The number of methoxy groups -OCH3 is 2. The van der Waals surface area contributed by atoms with E-state index in [1.807, 2.05) is 0 Å². The maximum Gasteiger partial charge on any atom is 0.374 e. The lowest BCUT2D eigenvalue weighted by Crippen LogP contribution is -2.20. The molecule has 24 heavy (non-hydrogen) atoms. The van der Waals surface area contributed by atoms with E-state index in [1.54, 1.807) is 13.8 Å². The van der Waals surface area contributed by atoms with Gasteiger partial charge in [0.05, 0.1) is 39.1 Å². The molecule has 0 saturated carbocycles. The van der Waals surface area contributed by atoms with Gasteiger partial charge in [-0.3, -0.25) is 0 Å². The van der Waals surface area contributed by atoms with E-state index in [2.05, 4.69) is 9.97 Å². The van der Waals surface area contributed by atoms with Crippen LogP contribution in [0.15, 0.2) is 17.4 Å². The lowest BCUT2D eigenvalue weighted by Gasteiger charge is -2.12. The molecule has 0 aliphatic rings. The molecule has 0 radical (unpaired) electrons. The minimum atomic E-state index is -0.839. The van der Waals surface area contributed by atoms with Gasteiger partial charge in [0.25, 0.3) is 0 Å². The van der Waals surface area contributed by atoms with E-state index in [1.165, 1.54) is 27.2 Å². The van der Waals surface area contributed by atoms with Gasteiger partial charge in [0.15, 0.2) is 0 Å². The van der Waals surface area contributed by atoms with Crippen LogP contribution in [-0.4, -0.2) is 49.3 Å². The van der Waals surface area contributed by atoms with Crippen LogP contribution in [-0.2, 0) is 19.1 Å². The third-order valence-corrected chi connectivity index (χ3v) is 2.65. The van der Waals surface area contributed by atoms with Crippen LogP contribution < -0.4 is 14.2 Å².